The van der Waals surface area contributed by atoms with Crippen LogP contribution in [0.2, 0.25) is 5.02 Å². The highest BCUT2D eigenvalue weighted by Gasteiger charge is 2.23. The normalized spacial score (nSPS) is 14.8. The van der Waals surface area contributed by atoms with Gasteiger partial charge in [0.05, 0.1) is 24.9 Å². The number of amides is 3. The lowest BCUT2D eigenvalue weighted by atomic mass is 10.1. The van der Waals surface area contributed by atoms with Gasteiger partial charge in [0.2, 0.25) is 5.88 Å². The van der Waals surface area contributed by atoms with Crippen LogP contribution in [0.5, 0.6) is 5.88 Å². The highest BCUT2D eigenvalue weighted by molar-refractivity contribution is 7.11. The molecule has 0 spiro atoms. The highest BCUT2D eigenvalue weighted by Crippen LogP contribution is 2.31. The number of urea groups is 1. The molecule has 1 aliphatic heterocycles. The second kappa shape index (κ2) is 14.4. The van der Waals surface area contributed by atoms with E-state index in [1.807, 2.05) is 0 Å². The van der Waals surface area contributed by atoms with Gasteiger partial charge >= 0.3 is 6.03 Å². The second-order valence-corrected chi connectivity index (χ2v) is 9.70. The third-order valence-corrected chi connectivity index (χ3v) is 6.63. The molecule has 1 aliphatic rings. The van der Waals surface area contributed by atoms with Crippen LogP contribution in [0.25, 0.3) is 0 Å². The van der Waals surface area contributed by atoms with Crippen molar-refractivity contribution in [3.05, 3.63) is 39.9 Å². The van der Waals surface area contributed by atoms with Crippen LogP contribution >= 0.6 is 23.1 Å². The smallest absolute Gasteiger partial charge is 0.319 e. The van der Waals surface area contributed by atoms with Crippen molar-refractivity contribution >= 4 is 40.1 Å². The number of carbonyl (C=O) groups is 2. The van der Waals surface area contributed by atoms with E-state index in [4.69, 9.17) is 26.8 Å². The van der Waals surface area contributed by atoms with Gasteiger partial charge in [0, 0.05) is 31.2 Å². The summed E-state index contributed by atoms with van der Waals surface area (Å²) in [5.41, 5.74) is 4.80. The fourth-order valence-electron chi connectivity index (χ4n) is 3.73. The minimum absolute atomic E-state index is 0.0447. The molecule has 0 radical (unpaired) electrons. The first-order valence-electron chi connectivity index (χ1n) is 11.8. The Morgan fingerprint density at radius 3 is 2.62 bits per heavy atom. The monoisotopic (exact) mass is 561 g/mol. The van der Waals surface area contributed by atoms with E-state index in [1.54, 1.807) is 0 Å². The van der Waals surface area contributed by atoms with Crippen LogP contribution in [0.1, 0.15) is 41.6 Å². The number of ether oxygens (including phenoxy) is 2. The quantitative estimate of drug-likeness (QED) is 0.276. The van der Waals surface area contributed by atoms with Crippen LogP contribution in [0.15, 0.2) is 12.1 Å². The van der Waals surface area contributed by atoms with E-state index in [2.05, 4.69) is 19.9 Å². The zero-order valence-corrected chi connectivity index (χ0v) is 21.7. The van der Waals surface area contributed by atoms with Crippen LogP contribution in [-0.4, -0.2) is 71.8 Å². The van der Waals surface area contributed by atoms with Gasteiger partial charge < -0.3 is 25.6 Å². The van der Waals surface area contributed by atoms with Crippen molar-refractivity contribution in [2.24, 2.45) is 5.73 Å². The summed E-state index contributed by atoms with van der Waals surface area (Å²) in [6.07, 6.45) is 2.64. The van der Waals surface area contributed by atoms with Gasteiger partial charge in [0.15, 0.2) is 0 Å². The topological polar surface area (TPSA) is 139 Å². The van der Waals surface area contributed by atoms with Crippen LogP contribution in [0.3, 0.4) is 0 Å². The number of anilines is 1. The molecule has 0 aliphatic carbocycles. The van der Waals surface area contributed by atoms with Crippen molar-refractivity contribution in [1.29, 1.82) is 0 Å². The number of halogens is 3. The Hall–Kier alpha value is -2.58. The van der Waals surface area contributed by atoms with Gasteiger partial charge in [-0.05, 0) is 36.5 Å². The number of nitrogens with two attached hydrogens (primary N) is 1. The zero-order valence-electron chi connectivity index (χ0n) is 20.1. The average molecular weight is 562 g/mol. The van der Waals surface area contributed by atoms with Crippen LogP contribution < -0.4 is 21.1 Å². The van der Waals surface area contributed by atoms with Gasteiger partial charge in [-0.3, -0.25) is 15.0 Å². The Balaban J connectivity index is 1.40. The first kappa shape index (κ1) is 29.0. The average Bonchev–Trinajstić information content (AvgIpc) is 3.23. The maximum Gasteiger partial charge on any atom is 0.319 e. The van der Waals surface area contributed by atoms with Crippen LogP contribution in [-0.2, 0) is 11.3 Å². The molecule has 1 unspecified atom stereocenters. The maximum absolute atomic E-state index is 14.0. The Morgan fingerprint density at radius 2 is 1.95 bits per heavy atom. The predicted octanol–water partition coefficient (Wildman–Crippen LogP) is 3.13. The second-order valence-electron chi connectivity index (χ2n) is 8.49. The lowest BCUT2D eigenvalue weighted by Crippen LogP contribution is -2.40. The number of morpholine rings is 1. The van der Waals surface area contributed by atoms with E-state index in [-0.39, 0.29) is 21.5 Å². The van der Waals surface area contributed by atoms with Gasteiger partial charge in [-0.15, -0.1) is 0 Å². The lowest BCUT2D eigenvalue weighted by Gasteiger charge is -2.28. The molecule has 3 amide bonds. The molecule has 37 heavy (non-hydrogen) atoms. The Labute approximate surface area is 222 Å². The molecule has 10 nitrogen and oxygen atoms in total. The minimum atomic E-state index is -0.924. The summed E-state index contributed by atoms with van der Waals surface area (Å²) < 4.78 is 42.5. The molecule has 0 saturated carbocycles. The van der Waals surface area contributed by atoms with Gasteiger partial charge in [-0.1, -0.05) is 24.4 Å². The SMILES string of the molecule is NC(=O)c1c(OCc2c(F)cc(Cl)cc2F)nsc1NC(=O)NCCCCCC(O)CN1CCOCC1. The van der Waals surface area contributed by atoms with Gasteiger partial charge in [-0.25, -0.2) is 13.6 Å². The Morgan fingerprint density at radius 1 is 1.24 bits per heavy atom. The van der Waals surface area contributed by atoms with E-state index in [0.29, 0.717) is 39.1 Å². The molecule has 1 fully saturated rings. The van der Waals surface area contributed by atoms with Crippen LogP contribution in [0, 0.1) is 11.6 Å². The fourth-order valence-corrected chi connectivity index (χ4v) is 4.66. The van der Waals surface area contributed by atoms with Crippen molar-refractivity contribution in [2.45, 2.75) is 38.4 Å². The van der Waals surface area contributed by atoms with Gasteiger partial charge in [0.1, 0.15) is 28.8 Å². The molecule has 1 atom stereocenters. The number of carbonyl (C=O) groups excluding carboxylic acids is 2. The molecular weight excluding hydrogens is 532 g/mol. The number of aromatic nitrogens is 1. The Kier molecular flexibility index (Phi) is 11.3. The van der Waals surface area contributed by atoms with Gasteiger partial charge in [0.25, 0.3) is 5.91 Å². The van der Waals surface area contributed by atoms with E-state index in [9.17, 15) is 23.5 Å². The van der Waals surface area contributed by atoms with Gasteiger partial charge in [-0.2, -0.15) is 4.37 Å². The fraction of sp³-hybridized carbons (Fsp3) is 0.522. The molecular formula is C23H30ClF2N5O5S. The van der Waals surface area contributed by atoms with Crippen molar-refractivity contribution in [3.63, 3.8) is 0 Å². The number of hydrogen-bond donors (Lipinski definition) is 4. The van der Waals surface area contributed by atoms with E-state index in [0.717, 1.165) is 49.6 Å². The molecule has 1 saturated heterocycles. The van der Waals surface area contributed by atoms with E-state index >= 15 is 0 Å². The highest BCUT2D eigenvalue weighted by atomic mass is 35.5. The number of hydrogen-bond acceptors (Lipinski definition) is 8. The first-order valence-corrected chi connectivity index (χ1v) is 13.0. The molecule has 3 rings (SSSR count). The Bertz CT molecular complexity index is 1050. The molecule has 14 heteroatoms. The molecule has 2 aromatic rings. The van der Waals surface area contributed by atoms with Crippen LogP contribution in [0.4, 0.5) is 18.6 Å². The third kappa shape index (κ3) is 9.04. The van der Waals surface area contributed by atoms with Crippen molar-refractivity contribution in [2.75, 3.05) is 44.7 Å². The maximum atomic E-state index is 14.0. The minimum Gasteiger partial charge on any atom is -0.471 e. The molecule has 204 valence electrons. The molecule has 2 heterocycles. The number of rotatable bonds is 13. The van der Waals surface area contributed by atoms with Crippen molar-refractivity contribution in [1.82, 2.24) is 14.6 Å². The number of benzene rings is 1. The summed E-state index contributed by atoms with van der Waals surface area (Å²) in [7, 11) is 0. The summed E-state index contributed by atoms with van der Waals surface area (Å²) in [6.45, 7) is 3.51. The number of aliphatic hydroxyl groups is 1. The third-order valence-electron chi connectivity index (χ3n) is 5.67. The van der Waals surface area contributed by atoms with Crippen molar-refractivity contribution in [3.8, 4) is 5.88 Å². The number of aliphatic hydroxyl groups excluding tert-OH is 1. The molecule has 1 aromatic carbocycles. The summed E-state index contributed by atoms with van der Waals surface area (Å²) in [5, 5.41) is 15.3. The van der Waals surface area contributed by atoms with E-state index in [1.165, 1.54) is 0 Å². The number of nitrogens with one attached hydrogen (secondary N) is 2. The van der Waals surface area contributed by atoms with Crippen molar-refractivity contribution < 1.29 is 33.0 Å². The number of primary amides is 1. The molecule has 0 bridgehead atoms. The molecule has 5 N–H and O–H groups in total. The first-order chi connectivity index (χ1) is 17.7. The lowest BCUT2D eigenvalue weighted by molar-refractivity contribution is 0.0127. The largest absolute Gasteiger partial charge is 0.471 e. The zero-order chi connectivity index (χ0) is 26.8. The van der Waals surface area contributed by atoms with E-state index < -0.39 is 41.8 Å². The summed E-state index contributed by atoms with van der Waals surface area (Å²) in [4.78, 5) is 26.4. The number of unbranched alkanes of at least 4 members (excludes halogenated alkanes) is 2. The summed E-state index contributed by atoms with van der Waals surface area (Å²) >= 11 is 6.36. The molecule has 1 aromatic heterocycles. The standard InChI is InChI=1S/C23H30ClF2N5O5S/c24-14-10-17(25)16(18(26)11-14)13-36-21-19(20(27)33)22(37-30-21)29-23(34)28-5-3-1-2-4-15(32)12-31-6-8-35-9-7-31/h10-11,15,32H,1-9,12-13H2,(H2,27,33)(H2,28,29,34). The summed E-state index contributed by atoms with van der Waals surface area (Å²) in [6, 6.07) is 1.30. The summed E-state index contributed by atoms with van der Waals surface area (Å²) in [5.74, 6) is -3.00. The number of β-amino-alcohol motifs (C(OH)–C–C–N with tert-alkyl or cyclic N) is 1. The number of nitrogens with zero attached hydrogens (tertiary/aromatic N) is 2. The predicted molar refractivity (Wildman–Crippen MR) is 135 cm³/mol.